The van der Waals surface area contributed by atoms with E-state index in [1.807, 2.05) is 0 Å². The molecular formula is C71H137NO5. The van der Waals surface area contributed by atoms with Gasteiger partial charge in [0.2, 0.25) is 5.91 Å². The van der Waals surface area contributed by atoms with E-state index in [-0.39, 0.29) is 18.5 Å². The summed E-state index contributed by atoms with van der Waals surface area (Å²) in [6.07, 6.45) is 83.6. The van der Waals surface area contributed by atoms with Crippen LogP contribution in [-0.4, -0.2) is 47.4 Å². The third-order valence-corrected chi connectivity index (χ3v) is 16.5. The highest BCUT2D eigenvalue weighted by molar-refractivity contribution is 5.76. The molecule has 0 aromatic rings. The summed E-state index contributed by atoms with van der Waals surface area (Å²) < 4.78 is 5.49. The Labute approximate surface area is 481 Å². The SMILES string of the molecule is CCCCCCCCC/C=C\CCCCCCCC(=O)OCCCCCCCCCCCCC/C=C\CCCCCCCCCC(=O)NC(CO)C(O)CCCCCCCCCCCCCCCCCCCCCCCC. The number of carbonyl (C=O) groups is 2. The van der Waals surface area contributed by atoms with Gasteiger partial charge in [-0.15, -0.1) is 0 Å². The molecule has 0 saturated heterocycles. The molecule has 0 saturated carbocycles. The first-order chi connectivity index (χ1) is 38.0. The molecule has 0 aromatic carbocycles. The predicted octanol–water partition coefficient (Wildman–Crippen LogP) is 22.5. The van der Waals surface area contributed by atoms with Crippen molar-refractivity contribution in [3.63, 3.8) is 0 Å². The molecule has 0 radical (unpaired) electrons. The number of esters is 1. The standard InChI is InChI=1S/C71H137NO5/c1-3-5-7-9-11-13-15-17-19-21-22-23-26-29-32-35-39-43-47-51-55-59-63-69(74)68(67-73)72-70(75)64-60-56-52-48-44-40-36-33-30-27-24-25-28-31-34-38-42-46-50-54-58-62-66-77-71(76)65-61-57-53-49-45-41-37-20-18-16-14-12-10-8-6-4-2/h20,27,30,37,68-69,73-74H,3-19,21-26,28-29,31-36,38-67H2,1-2H3,(H,72,75)/b30-27-,37-20-. The average Bonchev–Trinajstić information content (AvgIpc) is 3.43. The fraction of sp³-hybridized carbons (Fsp3) is 0.915. The molecule has 0 bridgehead atoms. The molecule has 0 aliphatic carbocycles. The van der Waals surface area contributed by atoms with Gasteiger partial charge >= 0.3 is 5.97 Å². The molecule has 456 valence electrons. The minimum absolute atomic E-state index is 0.00354. The molecule has 0 fully saturated rings. The third-order valence-electron chi connectivity index (χ3n) is 16.5. The number of hydrogen-bond acceptors (Lipinski definition) is 5. The van der Waals surface area contributed by atoms with Gasteiger partial charge in [-0.3, -0.25) is 9.59 Å². The van der Waals surface area contributed by atoms with Gasteiger partial charge in [0.05, 0.1) is 25.4 Å². The van der Waals surface area contributed by atoms with Crippen molar-refractivity contribution < 1.29 is 24.5 Å². The second-order valence-corrected chi connectivity index (χ2v) is 24.2. The van der Waals surface area contributed by atoms with Crippen LogP contribution in [0.5, 0.6) is 0 Å². The Kier molecular flexibility index (Phi) is 65.4. The number of aliphatic hydroxyl groups is 2. The van der Waals surface area contributed by atoms with E-state index in [9.17, 15) is 19.8 Å². The lowest BCUT2D eigenvalue weighted by Gasteiger charge is -2.22. The summed E-state index contributed by atoms with van der Waals surface area (Å²) in [4.78, 5) is 24.6. The van der Waals surface area contributed by atoms with Crippen LogP contribution in [0, 0.1) is 0 Å². The topological polar surface area (TPSA) is 95.9 Å². The molecule has 0 aliphatic rings. The number of carbonyl (C=O) groups excluding carboxylic acids is 2. The van der Waals surface area contributed by atoms with Crippen LogP contribution in [0.25, 0.3) is 0 Å². The Morgan fingerprint density at radius 3 is 0.922 bits per heavy atom. The van der Waals surface area contributed by atoms with Crippen molar-refractivity contribution in [2.45, 2.75) is 405 Å². The number of ether oxygens (including phenoxy) is 1. The van der Waals surface area contributed by atoms with Gasteiger partial charge in [-0.25, -0.2) is 0 Å². The van der Waals surface area contributed by atoms with Crippen LogP contribution in [0.3, 0.4) is 0 Å². The van der Waals surface area contributed by atoms with E-state index in [4.69, 9.17) is 4.74 Å². The zero-order chi connectivity index (χ0) is 55.7. The van der Waals surface area contributed by atoms with E-state index >= 15 is 0 Å². The van der Waals surface area contributed by atoms with Gasteiger partial charge in [-0.05, 0) is 77.0 Å². The summed E-state index contributed by atoms with van der Waals surface area (Å²) in [6, 6.07) is -0.548. The number of rotatable bonds is 66. The molecule has 6 nitrogen and oxygen atoms in total. The predicted molar refractivity (Wildman–Crippen MR) is 338 cm³/mol. The number of amides is 1. The fourth-order valence-corrected chi connectivity index (χ4v) is 11.1. The smallest absolute Gasteiger partial charge is 0.305 e. The van der Waals surface area contributed by atoms with E-state index in [1.54, 1.807) is 0 Å². The van der Waals surface area contributed by atoms with Crippen molar-refractivity contribution in [1.29, 1.82) is 0 Å². The lowest BCUT2D eigenvalue weighted by Crippen LogP contribution is -2.45. The van der Waals surface area contributed by atoms with Crippen molar-refractivity contribution in [2.24, 2.45) is 0 Å². The molecule has 77 heavy (non-hydrogen) atoms. The Balaban J connectivity index is 3.41. The van der Waals surface area contributed by atoms with E-state index in [1.165, 1.54) is 315 Å². The highest BCUT2D eigenvalue weighted by Gasteiger charge is 2.20. The first-order valence-corrected chi connectivity index (χ1v) is 35.1. The summed E-state index contributed by atoms with van der Waals surface area (Å²) in [5.41, 5.74) is 0. The summed E-state index contributed by atoms with van der Waals surface area (Å²) in [7, 11) is 0. The number of hydrogen-bond donors (Lipinski definition) is 3. The van der Waals surface area contributed by atoms with Crippen LogP contribution in [0.4, 0.5) is 0 Å². The Morgan fingerprint density at radius 1 is 0.351 bits per heavy atom. The normalized spacial score (nSPS) is 12.6. The van der Waals surface area contributed by atoms with Crippen molar-refractivity contribution >= 4 is 11.9 Å². The second kappa shape index (κ2) is 66.8. The van der Waals surface area contributed by atoms with Crippen molar-refractivity contribution in [3.05, 3.63) is 24.3 Å². The summed E-state index contributed by atoms with van der Waals surface area (Å²) in [6.45, 7) is 4.98. The van der Waals surface area contributed by atoms with Crippen LogP contribution in [-0.2, 0) is 14.3 Å². The van der Waals surface area contributed by atoms with Gasteiger partial charge in [0.25, 0.3) is 0 Å². The van der Waals surface area contributed by atoms with Gasteiger partial charge in [0, 0.05) is 12.8 Å². The molecule has 0 rings (SSSR count). The molecule has 3 N–H and O–H groups in total. The van der Waals surface area contributed by atoms with E-state index in [2.05, 4.69) is 43.5 Å². The maximum Gasteiger partial charge on any atom is 0.305 e. The fourth-order valence-electron chi connectivity index (χ4n) is 11.1. The Morgan fingerprint density at radius 2 is 0.610 bits per heavy atom. The number of nitrogens with one attached hydrogen (secondary N) is 1. The molecule has 0 heterocycles. The van der Waals surface area contributed by atoms with Gasteiger partial charge < -0.3 is 20.3 Å². The minimum atomic E-state index is -0.670. The highest BCUT2D eigenvalue weighted by atomic mass is 16.5. The lowest BCUT2D eigenvalue weighted by atomic mass is 10.0. The molecule has 0 aromatic heterocycles. The summed E-state index contributed by atoms with van der Waals surface area (Å²) in [5, 5.41) is 23.4. The molecule has 0 aliphatic heterocycles. The molecule has 2 atom stereocenters. The first-order valence-electron chi connectivity index (χ1n) is 35.1. The maximum absolute atomic E-state index is 12.5. The molecule has 2 unspecified atom stereocenters. The summed E-state index contributed by atoms with van der Waals surface area (Å²) in [5.74, 6) is -0.0342. The number of allylic oxidation sites excluding steroid dienone is 4. The van der Waals surface area contributed by atoms with Crippen LogP contribution in [0.15, 0.2) is 24.3 Å². The van der Waals surface area contributed by atoms with Crippen LogP contribution in [0.1, 0.15) is 393 Å². The van der Waals surface area contributed by atoms with Gasteiger partial charge in [-0.1, -0.05) is 327 Å². The van der Waals surface area contributed by atoms with Crippen LogP contribution in [0.2, 0.25) is 0 Å². The van der Waals surface area contributed by atoms with Crippen molar-refractivity contribution in [3.8, 4) is 0 Å². The van der Waals surface area contributed by atoms with E-state index < -0.39 is 12.1 Å². The maximum atomic E-state index is 12.5. The Hall–Kier alpha value is -1.66. The quantitative estimate of drug-likeness (QED) is 0.0320. The number of aliphatic hydroxyl groups excluding tert-OH is 2. The van der Waals surface area contributed by atoms with Crippen LogP contribution < -0.4 is 5.32 Å². The third kappa shape index (κ3) is 63.4. The largest absolute Gasteiger partial charge is 0.466 e. The van der Waals surface area contributed by atoms with Crippen molar-refractivity contribution in [1.82, 2.24) is 5.32 Å². The van der Waals surface area contributed by atoms with E-state index in [0.29, 0.717) is 25.9 Å². The zero-order valence-electron chi connectivity index (χ0n) is 52.2. The molecule has 1 amide bonds. The molecule has 6 heteroatoms. The number of unbranched alkanes of at least 4 members (excludes halogenated alkanes) is 51. The zero-order valence-corrected chi connectivity index (χ0v) is 52.2. The monoisotopic (exact) mass is 1080 g/mol. The minimum Gasteiger partial charge on any atom is -0.466 e. The van der Waals surface area contributed by atoms with Crippen molar-refractivity contribution in [2.75, 3.05) is 13.2 Å². The summed E-state index contributed by atoms with van der Waals surface area (Å²) >= 11 is 0. The second-order valence-electron chi connectivity index (χ2n) is 24.2. The van der Waals surface area contributed by atoms with Gasteiger partial charge in [0.1, 0.15) is 0 Å². The molecule has 0 spiro atoms. The van der Waals surface area contributed by atoms with Gasteiger partial charge in [-0.2, -0.15) is 0 Å². The Bertz CT molecular complexity index is 1200. The lowest BCUT2D eigenvalue weighted by molar-refractivity contribution is -0.143. The first kappa shape index (κ1) is 75.3. The average molecular weight is 1080 g/mol. The van der Waals surface area contributed by atoms with Crippen LogP contribution >= 0.6 is 0 Å². The highest BCUT2D eigenvalue weighted by Crippen LogP contribution is 2.19. The molecular weight excluding hydrogens is 947 g/mol. The van der Waals surface area contributed by atoms with E-state index in [0.717, 1.165) is 44.9 Å². The van der Waals surface area contributed by atoms with Gasteiger partial charge in [0.15, 0.2) is 0 Å².